The van der Waals surface area contributed by atoms with E-state index >= 15 is 0 Å². The molecule has 0 radical (unpaired) electrons. The summed E-state index contributed by atoms with van der Waals surface area (Å²) in [5.74, 6) is -0.536. The average molecular weight is 354 g/mol. The largest absolute Gasteiger partial charge is 0.469 e. The molecule has 0 aliphatic rings. The predicted octanol–water partition coefficient (Wildman–Crippen LogP) is 2.92. The van der Waals surface area contributed by atoms with Gasteiger partial charge in [-0.25, -0.2) is 13.1 Å². The van der Waals surface area contributed by atoms with Gasteiger partial charge in [-0.05, 0) is 23.8 Å². The Morgan fingerprint density at radius 1 is 1.13 bits per heavy atom. The SMILES string of the molecule is COC(=O)C[C@@H](NS(=O)(=O)c1ccccc1)c1ccccc1Cl. The minimum absolute atomic E-state index is 0.113. The van der Waals surface area contributed by atoms with Gasteiger partial charge in [-0.15, -0.1) is 0 Å². The van der Waals surface area contributed by atoms with Crippen molar-refractivity contribution >= 4 is 27.6 Å². The first-order valence-electron chi connectivity index (χ1n) is 6.82. The van der Waals surface area contributed by atoms with Crippen LogP contribution in [0.25, 0.3) is 0 Å². The summed E-state index contributed by atoms with van der Waals surface area (Å²) in [5.41, 5.74) is 0.513. The Labute approximate surface area is 140 Å². The van der Waals surface area contributed by atoms with E-state index in [0.29, 0.717) is 10.6 Å². The Bertz CT molecular complexity index is 778. The molecular formula is C16H16ClNO4S. The number of hydrogen-bond acceptors (Lipinski definition) is 4. The van der Waals surface area contributed by atoms with Crippen LogP contribution in [0.3, 0.4) is 0 Å². The number of hydrogen-bond donors (Lipinski definition) is 1. The van der Waals surface area contributed by atoms with Crippen LogP contribution < -0.4 is 4.72 Å². The maximum absolute atomic E-state index is 12.5. The lowest BCUT2D eigenvalue weighted by Crippen LogP contribution is -2.30. The smallest absolute Gasteiger partial charge is 0.307 e. The number of nitrogens with one attached hydrogen (secondary N) is 1. The summed E-state index contributed by atoms with van der Waals surface area (Å²) in [6.07, 6.45) is -0.160. The Balaban J connectivity index is 2.35. The topological polar surface area (TPSA) is 72.5 Å². The van der Waals surface area contributed by atoms with E-state index in [1.165, 1.54) is 19.2 Å². The Hall–Kier alpha value is -1.89. The number of sulfonamides is 1. The van der Waals surface area contributed by atoms with Crippen molar-refractivity contribution in [2.24, 2.45) is 0 Å². The monoisotopic (exact) mass is 353 g/mol. The van der Waals surface area contributed by atoms with Crippen LogP contribution in [-0.2, 0) is 19.6 Å². The third kappa shape index (κ3) is 4.54. The number of carbonyl (C=O) groups is 1. The van der Waals surface area contributed by atoms with Crippen molar-refractivity contribution in [2.75, 3.05) is 7.11 Å². The molecule has 0 fully saturated rings. The number of methoxy groups -OCH3 is 1. The van der Waals surface area contributed by atoms with Crippen molar-refractivity contribution in [1.29, 1.82) is 0 Å². The fourth-order valence-electron chi connectivity index (χ4n) is 2.08. The zero-order valence-electron chi connectivity index (χ0n) is 12.4. The summed E-state index contributed by atoms with van der Waals surface area (Å²) in [6.45, 7) is 0. The van der Waals surface area contributed by atoms with Crippen LogP contribution in [0.4, 0.5) is 0 Å². The minimum Gasteiger partial charge on any atom is -0.469 e. The molecule has 1 atom stereocenters. The van der Waals surface area contributed by atoms with Gasteiger partial charge in [0.05, 0.1) is 24.5 Å². The molecule has 1 N–H and O–H groups in total. The van der Waals surface area contributed by atoms with Crippen LogP contribution in [0.5, 0.6) is 0 Å². The lowest BCUT2D eigenvalue weighted by Gasteiger charge is -2.19. The minimum atomic E-state index is -3.79. The highest BCUT2D eigenvalue weighted by atomic mass is 35.5. The first-order valence-corrected chi connectivity index (χ1v) is 8.69. The van der Waals surface area contributed by atoms with Crippen LogP contribution >= 0.6 is 11.6 Å². The standard InChI is InChI=1S/C16H16ClNO4S/c1-22-16(19)11-15(13-9-5-6-10-14(13)17)18-23(20,21)12-7-3-2-4-8-12/h2-10,15,18H,11H2,1H3/t15-/m1/s1. The maximum Gasteiger partial charge on any atom is 0.307 e. The van der Waals surface area contributed by atoms with Gasteiger partial charge in [0, 0.05) is 5.02 Å². The molecule has 0 heterocycles. The normalized spacial score (nSPS) is 12.6. The third-order valence-corrected chi connectivity index (χ3v) is 5.06. The van der Waals surface area contributed by atoms with Gasteiger partial charge >= 0.3 is 5.97 Å². The van der Waals surface area contributed by atoms with Gasteiger partial charge in [-0.3, -0.25) is 4.79 Å². The highest BCUT2D eigenvalue weighted by Crippen LogP contribution is 2.27. The van der Waals surface area contributed by atoms with Crippen molar-refractivity contribution in [3.8, 4) is 0 Å². The quantitative estimate of drug-likeness (QED) is 0.810. The van der Waals surface area contributed by atoms with E-state index < -0.39 is 22.0 Å². The lowest BCUT2D eigenvalue weighted by atomic mass is 10.1. The molecule has 0 saturated heterocycles. The lowest BCUT2D eigenvalue weighted by molar-refractivity contribution is -0.141. The van der Waals surface area contributed by atoms with Crippen molar-refractivity contribution in [3.05, 3.63) is 65.2 Å². The van der Waals surface area contributed by atoms with E-state index in [4.69, 9.17) is 11.6 Å². The van der Waals surface area contributed by atoms with Gasteiger partial charge in [-0.2, -0.15) is 0 Å². The molecule has 7 heteroatoms. The Morgan fingerprint density at radius 2 is 1.74 bits per heavy atom. The maximum atomic E-state index is 12.5. The third-order valence-electron chi connectivity index (χ3n) is 3.23. The number of ether oxygens (including phenoxy) is 1. The summed E-state index contributed by atoms with van der Waals surface area (Å²) >= 11 is 6.13. The second kappa shape index (κ2) is 7.59. The van der Waals surface area contributed by atoms with Crippen LogP contribution in [0.2, 0.25) is 5.02 Å². The number of halogens is 1. The molecule has 0 spiro atoms. The van der Waals surface area contributed by atoms with Gasteiger partial charge in [-0.1, -0.05) is 48.0 Å². The number of benzene rings is 2. The fourth-order valence-corrected chi connectivity index (χ4v) is 3.58. The molecule has 5 nitrogen and oxygen atoms in total. The van der Waals surface area contributed by atoms with Gasteiger partial charge in [0.15, 0.2) is 0 Å². The summed E-state index contributed by atoms with van der Waals surface area (Å²) in [5, 5.41) is 0.372. The highest BCUT2D eigenvalue weighted by molar-refractivity contribution is 7.89. The molecule has 0 aromatic heterocycles. The summed E-state index contributed by atoms with van der Waals surface area (Å²) < 4.78 is 32.1. The van der Waals surface area contributed by atoms with Gasteiger partial charge in [0.2, 0.25) is 10.0 Å². The van der Waals surface area contributed by atoms with E-state index in [2.05, 4.69) is 9.46 Å². The zero-order valence-corrected chi connectivity index (χ0v) is 14.0. The van der Waals surface area contributed by atoms with Crippen LogP contribution in [-0.4, -0.2) is 21.5 Å². The van der Waals surface area contributed by atoms with Crippen molar-refractivity contribution in [1.82, 2.24) is 4.72 Å². The number of rotatable bonds is 6. The van der Waals surface area contributed by atoms with E-state index in [1.54, 1.807) is 42.5 Å². The second-order valence-electron chi connectivity index (χ2n) is 4.79. The first-order chi connectivity index (χ1) is 10.9. The van der Waals surface area contributed by atoms with Crippen molar-refractivity contribution in [2.45, 2.75) is 17.4 Å². The molecule has 0 aliphatic heterocycles. The van der Waals surface area contributed by atoms with Gasteiger partial charge < -0.3 is 4.74 Å². The zero-order chi connectivity index (χ0) is 16.9. The molecule has 122 valence electrons. The van der Waals surface area contributed by atoms with Gasteiger partial charge in [0.25, 0.3) is 0 Å². The summed E-state index contributed by atoms with van der Waals surface area (Å²) in [7, 11) is -2.55. The summed E-state index contributed by atoms with van der Waals surface area (Å²) in [4.78, 5) is 11.7. The highest BCUT2D eigenvalue weighted by Gasteiger charge is 2.25. The van der Waals surface area contributed by atoms with Crippen LogP contribution in [0, 0.1) is 0 Å². The molecule has 0 aliphatic carbocycles. The van der Waals surface area contributed by atoms with E-state index in [-0.39, 0.29) is 11.3 Å². The molecule has 0 unspecified atom stereocenters. The van der Waals surface area contributed by atoms with Gasteiger partial charge in [0.1, 0.15) is 0 Å². The first kappa shape index (κ1) is 17.5. The predicted molar refractivity (Wildman–Crippen MR) is 87.6 cm³/mol. The molecule has 2 rings (SSSR count). The van der Waals surface area contributed by atoms with Crippen LogP contribution in [0.1, 0.15) is 18.0 Å². The molecular weight excluding hydrogens is 338 g/mol. The van der Waals surface area contributed by atoms with E-state index in [9.17, 15) is 13.2 Å². The van der Waals surface area contributed by atoms with Crippen LogP contribution in [0.15, 0.2) is 59.5 Å². The van der Waals surface area contributed by atoms with E-state index in [1.807, 2.05) is 0 Å². The second-order valence-corrected chi connectivity index (χ2v) is 6.91. The van der Waals surface area contributed by atoms with Crippen molar-refractivity contribution in [3.63, 3.8) is 0 Å². The number of carbonyl (C=O) groups excluding carboxylic acids is 1. The molecule has 2 aromatic rings. The Morgan fingerprint density at radius 3 is 2.35 bits per heavy atom. The molecule has 2 aromatic carbocycles. The summed E-state index contributed by atoms with van der Waals surface area (Å²) in [6, 6.07) is 13.9. The molecule has 0 saturated carbocycles. The average Bonchev–Trinajstić information content (AvgIpc) is 2.55. The van der Waals surface area contributed by atoms with E-state index in [0.717, 1.165) is 0 Å². The van der Waals surface area contributed by atoms with Crippen molar-refractivity contribution < 1.29 is 17.9 Å². The molecule has 23 heavy (non-hydrogen) atoms. The fraction of sp³-hybridized carbons (Fsp3) is 0.188. The molecule has 0 bridgehead atoms. The Kier molecular flexibility index (Phi) is 5.76. The molecule has 0 amide bonds. The number of esters is 1.